The van der Waals surface area contributed by atoms with Gasteiger partial charge in [-0.3, -0.25) is 0 Å². The topological polar surface area (TPSA) is 9.72 Å². The average Bonchev–Trinajstić information content (AvgIpc) is 3.94. The maximum absolute atomic E-state index is 3.11. The summed E-state index contributed by atoms with van der Waals surface area (Å²) in [5.41, 5.74) is 22.7. The summed E-state index contributed by atoms with van der Waals surface area (Å²) in [6.07, 6.45) is 11.9. The standard InChI is InChI=1S/C65H62BN3/c1-60(2,3)42-28-30-47(31-29-42)67-53-26-16-23-50-57(53)66-58-51(65(50,43-18-8-6-9-19-43)44-20-10-7-11-21-44)24-17-27-54(58)69(63-38-41-34-45-35-46(40-63)64(45,63)39-41)56-37-48(36-55(67)59(56)66)68-52-25-13-12-22-49(52)61(4)32-14-15-33-62(61,68)5/h6-13,16-31,36-37,41,45-46H,14-15,32-35,38-40H2,1-5H3/t41?,45?,46?,61?,62?,63?,64-/m0/s1. The summed E-state index contributed by atoms with van der Waals surface area (Å²) in [5.74, 6) is 2.54. The fourth-order valence-electron chi connectivity index (χ4n) is 18.6. The molecule has 340 valence electrons. The van der Waals surface area contributed by atoms with E-state index >= 15 is 0 Å². The summed E-state index contributed by atoms with van der Waals surface area (Å²) in [6, 6.07) is 62.8. The van der Waals surface area contributed by atoms with Crippen LogP contribution >= 0.6 is 0 Å². The van der Waals surface area contributed by atoms with E-state index in [-0.39, 0.29) is 28.6 Å². The van der Waals surface area contributed by atoms with Crippen LogP contribution in [0.4, 0.5) is 39.8 Å². The predicted molar refractivity (Wildman–Crippen MR) is 286 cm³/mol. The molecule has 16 rings (SSSR count). The molecule has 5 aliphatic carbocycles. The molecule has 0 aromatic heterocycles. The lowest BCUT2D eigenvalue weighted by atomic mass is 9.27. The van der Waals surface area contributed by atoms with Crippen LogP contribution in [0.15, 0.2) is 158 Å². The number of hydrogen-bond donors (Lipinski definition) is 0. The predicted octanol–water partition coefficient (Wildman–Crippen LogP) is 13.8. The molecule has 0 radical (unpaired) electrons. The minimum atomic E-state index is -0.525. The van der Waals surface area contributed by atoms with E-state index in [1.807, 2.05) is 0 Å². The smallest absolute Gasteiger partial charge is 0.252 e. The zero-order valence-corrected chi connectivity index (χ0v) is 41.0. The van der Waals surface area contributed by atoms with Crippen LogP contribution < -0.4 is 31.1 Å². The molecule has 5 saturated carbocycles. The second kappa shape index (κ2) is 12.9. The molecule has 0 amide bonds. The monoisotopic (exact) mass is 896 g/mol. The van der Waals surface area contributed by atoms with E-state index < -0.39 is 5.41 Å². The lowest BCUT2D eigenvalue weighted by Crippen LogP contribution is -2.79. The summed E-state index contributed by atoms with van der Waals surface area (Å²) < 4.78 is 0. The molecule has 0 N–H and O–H groups in total. The van der Waals surface area contributed by atoms with Crippen LogP contribution in [0, 0.1) is 23.2 Å². The highest BCUT2D eigenvalue weighted by Crippen LogP contribution is 2.85. The van der Waals surface area contributed by atoms with Gasteiger partial charge in [-0.05, 0) is 173 Å². The van der Waals surface area contributed by atoms with Gasteiger partial charge in [-0.1, -0.05) is 156 Å². The minimum Gasteiger partial charge on any atom is -0.335 e. The van der Waals surface area contributed by atoms with Gasteiger partial charge >= 0.3 is 0 Å². The van der Waals surface area contributed by atoms with E-state index in [1.54, 1.807) is 5.46 Å². The van der Waals surface area contributed by atoms with E-state index in [1.165, 1.54) is 142 Å². The summed E-state index contributed by atoms with van der Waals surface area (Å²) in [6.45, 7) is 12.3. The molecular formula is C65H62BN3. The SMILES string of the molecule is CC(C)(C)c1ccc(N2c3cc(N4c5ccccc5C5(C)CCCCC45C)cc4c3B3c5c2cccc5C(c2ccccc2)(c2ccccc2)c2cccc(c23)N4C23CC4CC5CC(C2)[C@]53C4)cc1. The lowest BCUT2D eigenvalue weighted by Gasteiger charge is -2.76. The van der Waals surface area contributed by atoms with E-state index in [9.17, 15) is 0 Å². The van der Waals surface area contributed by atoms with Gasteiger partial charge in [0, 0.05) is 45.2 Å². The van der Waals surface area contributed by atoms with Crippen molar-refractivity contribution in [3.63, 3.8) is 0 Å². The van der Waals surface area contributed by atoms with Crippen molar-refractivity contribution in [1.29, 1.82) is 0 Å². The van der Waals surface area contributed by atoms with Gasteiger partial charge in [-0.25, -0.2) is 0 Å². The summed E-state index contributed by atoms with van der Waals surface area (Å²) in [7, 11) is 0. The number of anilines is 7. The Hall–Kier alpha value is -6.00. The average molecular weight is 896 g/mol. The molecule has 0 saturated heterocycles. The summed E-state index contributed by atoms with van der Waals surface area (Å²) in [5, 5.41) is 0. The normalized spacial score (nSPS) is 30.5. The van der Waals surface area contributed by atoms with Crippen molar-refractivity contribution in [2.75, 3.05) is 14.7 Å². The summed E-state index contributed by atoms with van der Waals surface area (Å²) >= 11 is 0. The largest absolute Gasteiger partial charge is 0.335 e. The second-order valence-corrected chi connectivity index (χ2v) is 24.8. The zero-order chi connectivity index (χ0) is 46.0. The van der Waals surface area contributed by atoms with Crippen molar-refractivity contribution in [2.24, 2.45) is 23.2 Å². The van der Waals surface area contributed by atoms with Crippen LogP contribution in [0.5, 0.6) is 0 Å². The van der Waals surface area contributed by atoms with Crippen LogP contribution in [0.2, 0.25) is 0 Å². The number of para-hydroxylation sites is 1. The van der Waals surface area contributed by atoms with Gasteiger partial charge in [-0.2, -0.15) is 0 Å². The molecule has 6 unspecified atom stereocenters. The van der Waals surface area contributed by atoms with Gasteiger partial charge in [0.25, 0.3) is 6.71 Å². The van der Waals surface area contributed by atoms with Crippen LogP contribution in [0.3, 0.4) is 0 Å². The quantitative estimate of drug-likeness (QED) is 0.159. The molecule has 7 aromatic rings. The van der Waals surface area contributed by atoms with Crippen molar-refractivity contribution >= 4 is 62.9 Å². The molecule has 5 fully saturated rings. The van der Waals surface area contributed by atoms with E-state index in [0.717, 1.165) is 17.8 Å². The zero-order valence-electron chi connectivity index (χ0n) is 41.0. The molecule has 9 aliphatic rings. The Balaban J connectivity index is 1.06. The number of fused-ring (bicyclic) bond motifs is 4. The van der Waals surface area contributed by atoms with Gasteiger partial charge in [0.05, 0.1) is 16.5 Å². The lowest BCUT2D eigenvalue weighted by molar-refractivity contribution is -0.190. The highest BCUT2D eigenvalue weighted by Gasteiger charge is 2.83. The maximum atomic E-state index is 3.11. The Labute approximate surface area is 409 Å². The van der Waals surface area contributed by atoms with Crippen molar-refractivity contribution in [3.8, 4) is 0 Å². The van der Waals surface area contributed by atoms with Crippen molar-refractivity contribution in [3.05, 3.63) is 191 Å². The third-order valence-corrected chi connectivity index (χ3v) is 21.4. The van der Waals surface area contributed by atoms with Crippen molar-refractivity contribution in [2.45, 2.75) is 120 Å². The van der Waals surface area contributed by atoms with E-state index in [4.69, 9.17) is 0 Å². The highest BCUT2D eigenvalue weighted by atomic mass is 15.3. The van der Waals surface area contributed by atoms with Crippen LogP contribution in [-0.4, -0.2) is 17.8 Å². The Kier molecular flexibility index (Phi) is 7.41. The molecule has 2 bridgehead atoms. The van der Waals surface area contributed by atoms with Gasteiger partial charge in [0.2, 0.25) is 0 Å². The molecular weight excluding hydrogens is 834 g/mol. The molecule has 4 aliphatic heterocycles. The first kappa shape index (κ1) is 39.8. The molecule has 69 heavy (non-hydrogen) atoms. The van der Waals surface area contributed by atoms with Gasteiger partial charge in [0.15, 0.2) is 0 Å². The van der Waals surface area contributed by atoms with Gasteiger partial charge in [0.1, 0.15) is 0 Å². The third-order valence-electron chi connectivity index (χ3n) is 21.4. The molecule has 4 heterocycles. The van der Waals surface area contributed by atoms with E-state index in [2.05, 4.69) is 207 Å². The molecule has 1 spiro atoms. The second-order valence-electron chi connectivity index (χ2n) is 24.8. The van der Waals surface area contributed by atoms with Crippen molar-refractivity contribution < 1.29 is 0 Å². The minimum absolute atomic E-state index is 0.0484. The Morgan fingerprint density at radius 1 is 0.507 bits per heavy atom. The van der Waals surface area contributed by atoms with Crippen LogP contribution in [-0.2, 0) is 16.2 Å². The Morgan fingerprint density at radius 3 is 1.83 bits per heavy atom. The molecule has 7 aromatic carbocycles. The number of rotatable bonds is 5. The Bertz CT molecular complexity index is 3310. The molecule has 4 heteroatoms. The fraction of sp³-hybridized carbons (Fsp3) is 0.354. The van der Waals surface area contributed by atoms with E-state index in [0.29, 0.717) is 5.41 Å². The fourth-order valence-corrected chi connectivity index (χ4v) is 18.6. The van der Waals surface area contributed by atoms with Gasteiger partial charge in [-0.15, -0.1) is 0 Å². The highest BCUT2D eigenvalue weighted by molar-refractivity contribution is 7.01. The third kappa shape index (κ3) is 4.41. The van der Waals surface area contributed by atoms with Crippen molar-refractivity contribution in [1.82, 2.24) is 0 Å². The number of hydrogen-bond acceptors (Lipinski definition) is 3. The number of nitrogens with zero attached hydrogens (tertiary/aromatic N) is 3. The molecule has 3 nitrogen and oxygen atoms in total. The maximum Gasteiger partial charge on any atom is 0.252 e. The first-order chi connectivity index (χ1) is 33.5. The van der Waals surface area contributed by atoms with Crippen LogP contribution in [0.25, 0.3) is 0 Å². The summed E-state index contributed by atoms with van der Waals surface area (Å²) in [4.78, 5) is 8.72. The van der Waals surface area contributed by atoms with Gasteiger partial charge < -0.3 is 14.7 Å². The number of benzene rings is 7. The van der Waals surface area contributed by atoms with Crippen LogP contribution in [0.1, 0.15) is 126 Å². The first-order valence-corrected chi connectivity index (χ1v) is 26.7. The Morgan fingerprint density at radius 2 is 1.13 bits per heavy atom. The molecule has 7 atom stereocenters. The first-order valence-electron chi connectivity index (χ1n) is 26.7.